The highest BCUT2D eigenvalue weighted by atomic mass is 16.5. The van der Waals surface area contributed by atoms with Crippen LogP contribution >= 0.6 is 0 Å². The highest BCUT2D eigenvalue weighted by Crippen LogP contribution is 2.28. The van der Waals surface area contributed by atoms with Crippen molar-refractivity contribution >= 4 is 0 Å². The summed E-state index contributed by atoms with van der Waals surface area (Å²) in [5.74, 6) is 0.920. The van der Waals surface area contributed by atoms with Crippen molar-refractivity contribution in [2.75, 3.05) is 13.2 Å². The van der Waals surface area contributed by atoms with Crippen LogP contribution in [0, 0.1) is 0 Å². The number of benzene rings is 1. The minimum atomic E-state index is 0.148. The predicted octanol–water partition coefficient (Wildman–Crippen LogP) is 3.69. The lowest BCUT2D eigenvalue weighted by molar-refractivity contribution is -0.0374. The van der Waals surface area contributed by atoms with Crippen LogP contribution in [-0.4, -0.2) is 24.8 Å². The molecule has 1 aliphatic rings. The van der Waals surface area contributed by atoms with Crippen molar-refractivity contribution in [3.63, 3.8) is 0 Å². The molecule has 1 aromatic carbocycles. The quantitative estimate of drug-likeness (QED) is 0.890. The van der Waals surface area contributed by atoms with Crippen molar-refractivity contribution in [1.29, 1.82) is 0 Å². The highest BCUT2D eigenvalue weighted by Gasteiger charge is 2.32. The minimum absolute atomic E-state index is 0.148. The lowest BCUT2D eigenvalue weighted by Gasteiger charge is -2.40. The van der Waals surface area contributed by atoms with Gasteiger partial charge in [-0.3, -0.25) is 0 Å². The van der Waals surface area contributed by atoms with Gasteiger partial charge >= 0.3 is 0 Å². The van der Waals surface area contributed by atoms with E-state index in [9.17, 15) is 0 Å². The van der Waals surface area contributed by atoms with Crippen LogP contribution in [0.25, 0.3) is 0 Å². The molecule has 1 saturated heterocycles. The smallest absolute Gasteiger partial charge is 0.119 e. The average Bonchev–Trinajstić information content (AvgIpc) is 2.48. The second kappa shape index (κ2) is 6.59. The number of morpholine rings is 1. The lowest BCUT2D eigenvalue weighted by atomic mass is 9.91. The third kappa shape index (κ3) is 3.53. The first-order chi connectivity index (χ1) is 9.58. The van der Waals surface area contributed by atoms with Gasteiger partial charge in [0.15, 0.2) is 0 Å². The van der Waals surface area contributed by atoms with Gasteiger partial charge in [-0.15, -0.1) is 0 Å². The Kier molecular flexibility index (Phi) is 5.06. The number of hydrogen-bond acceptors (Lipinski definition) is 3. The van der Waals surface area contributed by atoms with Gasteiger partial charge in [0.1, 0.15) is 5.75 Å². The Labute approximate surface area is 122 Å². The molecule has 0 aromatic heterocycles. The number of rotatable bonds is 5. The Bertz CT molecular complexity index is 400. The number of ether oxygens (including phenoxy) is 2. The van der Waals surface area contributed by atoms with Gasteiger partial charge in [-0.25, -0.2) is 0 Å². The van der Waals surface area contributed by atoms with Gasteiger partial charge in [-0.1, -0.05) is 26.0 Å². The first-order valence-corrected chi connectivity index (χ1v) is 7.72. The maximum absolute atomic E-state index is 6.08. The van der Waals surface area contributed by atoms with Gasteiger partial charge in [-0.2, -0.15) is 0 Å². The second-order valence-corrected chi connectivity index (χ2v) is 5.90. The Balaban J connectivity index is 1.97. The molecule has 112 valence electrons. The molecule has 0 amide bonds. The Morgan fingerprint density at radius 1 is 1.25 bits per heavy atom. The second-order valence-electron chi connectivity index (χ2n) is 5.90. The van der Waals surface area contributed by atoms with Gasteiger partial charge < -0.3 is 14.8 Å². The van der Waals surface area contributed by atoms with E-state index in [4.69, 9.17) is 9.47 Å². The van der Waals surface area contributed by atoms with Crippen LogP contribution in [0.3, 0.4) is 0 Å². The Hall–Kier alpha value is -1.06. The fourth-order valence-corrected chi connectivity index (χ4v) is 2.63. The van der Waals surface area contributed by atoms with Crippen molar-refractivity contribution in [3.05, 3.63) is 29.8 Å². The van der Waals surface area contributed by atoms with Crippen molar-refractivity contribution in [1.82, 2.24) is 5.32 Å². The van der Waals surface area contributed by atoms with Crippen LogP contribution in [0.15, 0.2) is 24.3 Å². The molecule has 0 radical (unpaired) electrons. The lowest BCUT2D eigenvalue weighted by Crippen LogP contribution is -2.54. The minimum Gasteiger partial charge on any atom is -0.491 e. The van der Waals surface area contributed by atoms with Crippen molar-refractivity contribution in [3.8, 4) is 5.75 Å². The van der Waals surface area contributed by atoms with E-state index in [2.05, 4.69) is 31.3 Å². The molecule has 20 heavy (non-hydrogen) atoms. The molecule has 0 spiro atoms. The van der Waals surface area contributed by atoms with Crippen LogP contribution in [0.1, 0.15) is 52.2 Å². The molecule has 1 unspecified atom stereocenters. The first-order valence-electron chi connectivity index (χ1n) is 7.72. The van der Waals surface area contributed by atoms with E-state index in [1.807, 2.05) is 26.0 Å². The molecule has 1 heterocycles. The maximum Gasteiger partial charge on any atom is 0.119 e. The SMILES string of the molecule is CCC1(CC)COC(c2ccc(OC(C)C)cc2)CN1. The summed E-state index contributed by atoms with van der Waals surface area (Å²) in [5.41, 5.74) is 1.38. The van der Waals surface area contributed by atoms with Gasteiger partial charge in [0.2, 0.25) is 0 Å². The summed E-state index contributed by atoms with van der Waals surface area (Å²) in [6, 6.07) is 8.27. The average molecular weight is 277 g/mol. The zero-order chi connectivity index (χ0) is 14.6. The summed E-state index contributed by atoms with van der Waals surface area (Å²) in [6.45, 7) is 10.2. The largest absolute Gasteiger partial charge is 0.491 e. The summed E-state index contributed by atoms with van der Waals surface area (Å²) in [5, 5.41) is 3.67. The van der Waals surface area contributed by atoms with Gasteiger partial charge in [0.25, 0.3) is 0 Å². The van der Waals surface area contributed by atoms with Crippen LogP contribution < -0.4 is 10.1 Å². The van der Waals surface area contributed by atoms with Gasteiger partial charge in [-0.05, 0) is 44.4 Å². The summed E-state index contributed by atoms with van der Waals surface area (Å²) in [4.78, 5) is 0. The van der Waals surface area contributed by atoms with Crippen LogP contribution in [0.5, 0.6) is 5.75 Å². The number of nitrogens with one attached hydrogen (secondary N) is 1. The monoisotopic (exact) mass is 277 g/mol. The molecule has 1 fully saturated rings. The predicted molar refractivity (Wildman–Crippen MR) is 82.2 cm³/mol. The molecule has 3 nitrogen and oxygen atoms in total. The molecule has 0 bridgehead atoms. The Morgan fingerprint density at radius 3 is 2.35 bits per heavy atom. The van der Waals surface area contributed by atoms with Crippen LogP contribution in [0.2, 0.25) is 0 Å². The fraction of sp³-hybridized carbons (Fsp3) is 0.647. The molecule has 1 atom stereocenters. The number of hydrogen-bond donors (Lipinski definition) is 1. The molecule has 1 aromatic rings. The molecule has 1 N–H and O–H groups in total. The fourth-order valence-electron chi connectivity index (χ4n) is 2.63. The first kappa shape index (κ1) is 15.3. The molecule has 3 heteroatoms. The van der Waals surface area contributed by atoms with E-state index < -0.39 is 0 Å². The van der Waals surface area contributed by atoms with Crippen LogP contribution in [0.4, 0.5) is 0 Å². The third-order valence-electron chi connectivity index (χ3n) is 4.20. The normalized spacial score (nSPS) is 21.9. The van der Waals surface area contributed by atoms with Crippen LogP contribution in [-0.2, 0) is 4.74 Å². The zero-order valence-electron chi connectivity index (χ0n) is 13.1. The van der Waals surface area contributed by atoms with E-state index in [1.54, 1.807) is 0 Å². The topological polar surface area (TPSA) is 30.5 Å². The third-order valence-corrected chi connectivity index (χ3v) is 4.20. The van der Waals surface area contributed by atoms with Crippen molar-refractivity contribution < 1.29 is 9.47 Å². The summed E-state index contributed by atoms with van der Waals surface area (Å²) in [7, 11) is 0. The van der Waals surface area contributed by atoms with Crippen molar-refractivity contribution in [2.24, 2.45) is 0 Å². The maximum atomic E-state index is 6.08. The zero-order valence-corrected chi connectivity index (χ0v) is 13.1. The molecule has 0 saturated carbocycles. The van der Waals surface area contributed by atoms with E-state index in [0.29, 0.717) is 0 Å². The summed E-state index contributed by atoms with van der Waals surface area (Å²) < 4.78 is 11.7. The summed E-state index contributed by atoms with van der Waals surface area (Å²) >= 11 is 0. The standard InChI is InChI=1S/C17H27NO2/c1-5-17(6-2)12-19-16(11-18-17)14-7-9-15(10-8-14)20-13(3)4/h7-10,13,16,18H,5-6,11-12H2,1-4H3. The Morgan fingerprint density at radius 2 is 1.90 bits per heavy atom. The molecular weight excluding hydrogens is 250 g/mol. The summed E-state index contributed by atoms with van der Waals surface area (Å²) in [6.07, 6.45) is 2.58. The van der Waals surface area contributed by atoms with E-state index >= 15 is 0 Å². The van der Waals surface area contributed by atoms with Gasteiger partial charge in [0.05, 0.1) is 18.8 Å². The van der Waals surface area contributed by atoms with Gasteiger partial charge in [0, 0.05) is 12.1 Å². The molecule has 0 aliphatic carbocycles. The highest BCUT2D eigenvalue weighted by molar-refractivity contribution is 5.29. The molecule has 1 aliphatic heterocycles. The van der Waals surface area contributed by atoms with E-state index in [0.717, 1.165) is 31.7 Å². The molecule has 2 rings (SSSR count). The van der Waals surface area contributed by atoms with E-state index in [1.165, 1.54) is 5.56 Å². The van der Waals surface area contributed by atoms with E-state index in [-0.39, 0.29) is 17.7 Å². The van der Waals surface area contributed by atoms with Crippen molar-refractivity contribution in [2.45, 2.75) is 58.3 Å². The molecular formula is C17H27NO2.